The van der Waals surface area contributed by atoms with E-state index in [1.165, 1.54) is 0 Å². The van der Waals surface area contributed by atoms with Crippen LogP contribution in [0.25, 0.3) is 0 Å². The molecule has 0 saturated carbocycles. The van der Waals surface area contributed by atoms with Gasteiger partial charge in [0.1, 0.15) is 0 Å². The summed E-state index contributed by atoms with van der Waals surface area (Å²) in [6.07, 6.45) is 2.19. The molecule has 1 fully saturated rings. The van der Waals surface area contributed by atoms with Gasteiger partial charge in [0.25, 0.3) is 5.91 Å². The van der Waals surface area contributed by atoms with E-state index in [1.54, 1.807) is 0 Å². The molecular weight excluding hydrogens is 226 g/mol. The van der Waals surface area contributed by atoms with Gasteiger partial charge in [0.05, 0.1) is 0 Å². The second-order valence-electron chi connectivity index (χ2n) is 5.20. The van der Waals surface area contributed by atoms with Crippen molar-refractivity contribution in [3.8, 4) is 0 Å². The van der Waals surface area contributed by atoms with Gasteiger partial charge in [0, 0.05) is 23.8 Å². The summed E-state index contributed by atoms with van der Waals surface area (Å²) in [5, 5.41) is 0. The Morgan fingerprint density at radius 1 is 1.33 bits per heavy atom. The van der Waals surface area contributed by atoms with Gasteiger partial charge in [-0.05, 0) is 49.9 Å². The van der Waals surface area contributed by atoms with Gasteiger partial charge >= 0.3 is 0 Å². The average Bonchev–Trinajstić information content (AvgIpc) is 2.38. The standard InChI is InChI=1S/C14H21N3O/c1-10-7-8-17(11(2)9-10)14(18)12-3-5-13(16-15)6-4-12/h3-6,10-11,16H,7-9,15H2,1-2H3. The van der Waals surface area contributed by atoms with Crippen molar-refractivity contribution in [2.45, 2.75) is 32.7 Å². The number of anilines is 1. The van der Waals surface area contributed by atoms with Crippen molar-refractivity contribution in [3.05, 3.63) is 29.8 Å². The fourth-order valence-corrected chi connectivity index (χ4v) is 2.58. The van der Waals surface area contributed by atoms with E-state index in [0.29, 0.717) is 12.0 Å². The van der Waals surface area contributed by atoms with Crippen molar-refractivity contribution < 1.29 is 4.79 Å². The molecule has 1 aromatic carbocycles. The van der Waals surface area contributed by atoms with Crippen molar-refractivity contribution in [2.24, 2.45) is 11.8 Å². The number of likely N-dealkylation sites (tertiary alicyclic amines) is 1. The van der Waals surface area contributed by atoms with E-state index in [2.05, 4.69) is 19.3 Å². The summed E-state index contributed by atoms with van der Waals surface area (Å²) in [5.41, 5.74) is 4.11. The molecule has 18 heavy (non-hydrogen) atoms. The molecule has 2 rings (SSSR count). The van der Waals surface area contributed by atoms with Crippen LogP contribution in [0.4, 0.5) is 5.69 Å². The van der Waals surface area contributed by atoms with Crippen LogP contribution in [0.3, 0.4) is 0 Å². The van der Waals surface area contributed by atoms with Gasteiger partial charge in [-0.3, -0.25) is 10.6 Å². The summed E-state index contributed by atoms with van der Waals surface area (Å²) in [5.74, 6) is 6.15. The topological polar surface area (TPSA) is 58.4 Å². The zero-order valence-electron chi connectivity index (χ0n) is 11.0. The van der Waals surface area contributed by atoms with Crippen molar-refractivity contribution in [2.75, 3.05) is 12.0 Å². The predicted molar refractivity (Wildman–Crippen MR) is 73.1 cm³/mol. The summed E-state index contributed by atoms with van der Waals surface area (Å²) >= 11 is 0. The molecule has 2 unspecified atom stereocenters. The second-order valence-corrected chi connectivity index (χ2v) is 5.20. The normalized spacial score (nSPS) is 23.8. The van der Waals surface area contributed by atoms with E-state index in [-0.39, 0.29) is 5.91 Å². The van der Waals surface area contributed by atoms with Crippen LogP contribution in [0.15, 0.2) is 24.3 Å². The molecule has 4 nitrogen and oxygen atoms in total. The van der Waals surface area contributed by atoms with E-state index in [0.717, 1.165) is 30.6 Å². The number of piperidine rings is 1. The molecule has 0 radical (unpaired) electrons. The Morgan fingerprint density at radius 2 is 2.00 bits per heavy atom. The number of hydrazine groups is 1. The van der Waals surface area contributed by atoms with Crippen LogP contribution < -0.4 is 11.3 Å². The molecule has 98 valence electrons. The zero-order valence-corrected chi connectivity index (χ0v) is 11.0. The molecule has 1 heterocycles. The number of hydrogen-bond acceptors (Lipinski definition) is 3. The molecule has 1 amide bonds. The van der Waals surface area contributed by atoms with Gasteiger partial charge in [0.2, 0.25) is 0 Å². The Balaban J connectivity index is 2.10. The van der Waals surface area contributed by atoms with E-state index < -0.39 is 0 Å². The number of nitrogens with one attached hydrogen (secondary N) is 1. The third-order valence-electron chi connectivity index (χ3n) is 3.70. The number of hydrogen-bond donors (Lipinski definition) is 2. The maximum absolute atomic E-state index is 12.4. The van der Waals surface area contributed by atoms with E-state index >= 15 is 0 Å². The fourth-order valence-electron chi connectivity index (χ4n) is 2.58. The third-order valence-corrected chi connectivity index (χ3v) is 3.70. The molecule has 4 heteroatoms. The maximum Gasteiger partial charge on any atom is 0.254 e. The molecule has 0 bridgehead atoms. The lowest BCUT2D eigenvalue weighted by molar-refractivity contribution is 0.0588. The number of nitrogens with two attached hydrogens (primary N) is 1. The first-order chi connectivity index (χ1) is 8.61. The Hall–Kier alpha value is -1.55. The lowest BCUT2D eigenvalue weighted by Gasteiger charge is -2.36. The molecule has 1 aliphatic rings. The van der Waals surface area contributed by atoms with Crippen molar-refractivity contribution in [1.82, 2.24) is 4.90 Å². The maximum atomic E-state index is 12.4. The summed E-state index contributed by atoms with van der Waals surface area (Å²) in [6, 6.07) is 7.62. The second kappa shape index (κ2) is 5.40. The fraction of sp³-hybridized carbons (Fsp3) is 0.500. The minimum absolute atomic E-state index is 0.123. The number of nitrogen functional groups attached to an aromatic ring is 1. The Kier molecular flexibility index (Phi) is 3.87. The highest BCUT2D eigenvalue weighted by Gasteiger charge is 2.27. The van der Waals surface area contributed by atoms with Crippen molar-refractivity contribution >= 4 is 11.6 Å². The lowest BCUT2D eigenvalue weighted by atomic mass is 9.93. The number of carbonyl (C=O) groups is 1. The quantitative estimate of drug-likeness (QED) is 0.622. The van der Waals surface area contributed by atoms with Crippen LogP contribution >= 0.6 is 0 Å². The number of nitrogens with zero attached hydrogens (tertiary/aromatic N) is 1. The van der Waals surface area contributed by atoms with Gasteiger partial charge < -0.3 is 10.3 Å². The average molecular weight is 247 g/mol. The molecule has 0 spiro atoms. The number of amides is 1. The summed E-state index contributed by atoms with van der Waals surface area (Å²) in [4.78, 5) is 14.4. The minimum Gasteiger partial charge on any atom is -0.336 e. The Bertz CT molecular complexity index is 416. The summed E-state index contributed by atoms with van der Waals surface area (Å²) < 4.78 is 0. The Labute approximate surface area is 108 Å². The van der Waals surface area contributed by atoms with E-state index in [4.69, 9.17) is 5.84 Å². The van der Waals surface area contributed by atoms with Crippen LogP contribution in [0.1, 0.15) is 37.0 Å². The lowest BCUT2D eigenvalue weighted by Crippen LogP contribution is -2.44. The van der Waals surface area contributed by atoms with Crippen LogP contribution in [0.2, 0.25) is 0 Å². The van der Waals surface area contributed by atoms with E-state index in [1.807, 2.05) is 29.2 Å². The van der Waals surface area contributed by atoms with Gasteiger partial charge in [-0.1, -0.05) is 6.92 Å². The van der Waals surface area contributed by atoms with Crippen LogP contribution in [0, 0.1) is 5.92 Å². The third kappa shape index (κ3) is 2.64. The van der Waals surface area contributed by atoms with Gasteiger partial charge in [-0.25, -0.2) is 0 Å². The first-order valence-electron chi connectivity index (χ1n) is 6.49. The zero-order chi connectivity index (χ0) is 13.1. The minimum atomic E-state index is 0.123. The molecule has 1 saturated heterocycles. The Morgan fingerprint density at radius 3 is 2.56 bits per heavy atom. The highest BCUT2D eigenvalue weighted by atomic mass is 16.2. The molecule has 0 aliphatic carbocycles. The molecule has 1 aromatic rings. The number of benzene rings is 1. The highest BCUT2D eigenvalue weighted by molar-refractivity contribution is 5.94. The van der Waals surface area contributed by atoms with Crippen LogP contribution in [-0.4, -0.2) is 23.4 Å². The molecular formula is C14H21N3O. The molecule has 2 atom stereocenters. The van der Waals surface area contributed by atoms with Crippen LogP contribution in [-0.2, 0) is 0 Å². The highest BCUT2D eigenvalue weighted by Crippen LogP contribution is 2.24. The SMILES string of the molecule is CC1CCN(C(=O)c2ccc(NN)cc2)C(C)C1. The van der Waals surface area contributed by atoms with Gasteiger partial charge in [0.15, 0.2) is 0 Å². The van der Waals surface area contributed by atoms with Crippen molar-refractivity contribution in [3.63, 3.8) is 0 Å². The summed E-state index contributed by atoms with van der Waals surface area (Å²) in [6.45, 7) is 5.24. The predicted octanol–water partition coefficient (Wildman–Crippen LogP) is 2.23. The number of rotatable bonds is 2. The van der Waals surface area contributed by atoms with E-state index in [9.17, 15) is 4.79 Å². The molecule has 1 aliphatic heterocycles. The van der Waals surface area contributed by atoms with Crippen molar-refractivity contribution in [1.29, 1.82) is 0 Å². The van der Waals surface area contributed by atoms with Gasteiger partial charge in [-0.2, -0.15) is 0 Å². The first kappa shape index (κ1) is 12.9. The molecule has 0 aromatic heterocycles. The monoisotopic (exact) mass is 247 g/mol. The smallest absolute Gasteiger partial charge is 0.254 e. The van der Waals surface area contributed by atoms with Crippen LogP contribution in [0.5, 0.6) is 0 Å². The van der Waals surface area contributed by atoms with Gasteiger partial charge in [-0.15, -0.1) is 0 Å². The first-order valence-corrected chi connectivity index (χ1v) is 6.49. The largest absolute Gasteiger partial charge is 0.336 e. The number of carbonyl (C=O) groups excluding carboxylic acids is 1. The summed E-state index contributed by atoms with van der Waals surface area (Å²) in [7, 11) is 0. The molecule has 3 N–H and O–H groups in total.